The number of carbonyl (C=O) groups is 1. The standard InChI is InChI=1S/C29H39N3O3/c1-30(2)17-24-13-20(10-11-27(24)33)12-22-8-7-9-23(28(22)34)14-21-15-25(18-31(3)4)29(35)26(16-21)19-32(5)6/h10-16,33,35H,7-9,17-19H2,1-6H3/b22-12+,23-14+. The lowest BCUT2D eigenvalue weighted by atomic mass is 9.86. The van der Waals surface area contributed by atoms with Crippen LogP contribution in [0.3, 0.4) is 0 Å². The smallest absolute Gasteiger partial charge is 0.185 e. The van der Waals surface area contributed by atoms with Gasteiger partial charge in [0.25, 0.3) is 0 Å². The summed E-state index contributed by atoms with van der Waals surface area (Å²) in [4.78, 5) is 19.5. The van der Waals surface area contributed by atoms with Crippen LogP contribution in [0.15, 0.2) is 41.5 Å². The van der Waals surface area contributed by atoms with Crippen molar-refractivity contribution < 1.29 is 15.0 Å². The first-order chi connectivity index (χ1) is 16.5. The number of hydrogen-bond acceptors (Lipinski definition) is 6. The van der Waals surface area contributed by atoms with Crippen molar-refractivity contribution in [2.75, 3.05) is 42.3 Å². The molecule has 6 heteroatoms. The summed E-state index contributed by atoms with van der Waals surface area (Å²) in [7, 11) is 11.8. The highest BCUT2D eigenvalue weighted by Gasteiger charge is 2.21. The number of phenolic OH excluding ortho intramolecular Hbond substituents is 2. The van der Waals surface area contributed by atoms with E-state index >= 15 is 0 Å². The van der Waals surface area contributed by atoms with E-state index in [9.17, 15) is 15.0 Å². The molecule has 35 heavy (non-hydrogen) atoms. The van der Waals surface area contributed by atoms with E-state index in [1.807, 2.05) is 93.4 Å². The van der Waals surface area contributed by atoms with Crippen molar-refractivity contribution in [3.8, 4) is 11.5 Å². The molecule has 3 rings (SSSR count). The zero-order valence-electron chi connectivity index (χ0n) is 21.9. The number of ketones is 1. The van der Waals surface area contributed by atoms with E-state index in [1.165, 1.54) is 0 Å². The van der Waals surface area contributed by atoms with Gasteiger partial charge in [0.15, 0.2) is 5.78 Å². The van der Waals surface area contributed by atoms with Gasteiger partial charge in [0.2, 0.25) is 0 Å². The topological polar surface area (TPSA) is 67.2 Å². The van der Waals surface area contributed by atoms with Gasteiger partial charge < -0.3 is 24.9 Å². The summed E-state index contributed by atoms with van der Waals surface area (Å²) >= 11 is 0. The number of aromatic hydroxyl groups is 2. The first-order valence-corrected chi connectivity index (χ1v) is 12.1. The summed E-state index contributed by atoms with van der Waals surface area (Å²) in [6.45, 7) is 1.88. The van der Waals surface area contributed by atoms with E-state index < -0.39 is 0 Å². The number of rotatable bonds is 8. The van der Waals surface area contributed by atoms with Crippen molar-refractivity contribution >= 4 is 17.9 Å². The lowest BCUT2D eigenvalue weighted by Crippen LogP contribution is -2.15. The maximum absolute atomic E-state index is 13.4. The Labute approximate surface area is 209 Å². The van der Waals surface area contributed by atoms with Crippen LogP contribution in [0.1, 0.15) is 47.1 Å². The summed E-state index contributed by atoms with van der Waals surface area (Å²) in [5.41, 5.74) is 6.02. The van der Waals surface area contributed by atoms with Gasteiger partial charge >= 0.3 is 0 Å². The average Bonchev–Trinajstić information content (AvgIpc) is 2.75. The molecule has 0 bridgehead atoms. The highest BCUT2D eigenvalue weighted by atomic mass is 16.3. The maximum atomic E-state index is 13.4. The predicted octanol–water partition coefficient (Wildman–Crippen LogP) is 4.50. The van der Waals surface area contributed by atoms with Gasteiger partial charge in [-0.3, -0.25) is 4.79 Å². The minimum Gasteiger partial charge on any atom is -0.508 e. The molecular formula is C29H39N3O3. The Hall–Kier alpha value is -2.93. The molecule has 2 aromatic rings. The second-order valence-electron chi connectivity index (χ2n) is 10.3. The molecule has 0 radical (unpaired) electrons. The second kappa shape index (κ2) is 11.7. The Morgan fingerprint density at radius 1 is 0.714 bits per heavy atom. The first-order valence-electron chi connectivity index (χ1n) is 12.1. The van der Waals surface area contributed by atoms with Crippen LogP contribution in [0, 0.1) is 0 Å². The Morgan fingerprint density at radius 3 is 1.69 bits per heavy atom. The minimum absolute atomic E-state index is 0.0786. The molecular weight excluding hydrogens is 438 g/mol. The van der Waals surface area contributed by atoms with Gasteiger partial charge in [-0.05, 0) is 109 Å². The van der Waals surface area contributed by atoms with E-state index in [-0.39, 0.29) is 11.5 Å². The van der Waals surface area contributed by atoms with Gasteiger partial charge in [-0.1, -0.05) is 6.07 Å². The zero-order valence-corrected chi connectivity index (χ0v) is 21.9. The van der Waals surface area contributed by atoms with Gasteiger partial charge in [0.1, 0.15) is 11.5 Å². The monoisotopic (exact) mass is 477 g/mol. The van der Waals surface area contributed by atoms with Crippen molar-refractivity contribution in [3.05, 3.63) is 69.3 Å². The van der Waals surface area contributed by atoms with E-state index in [2.05, 4.69) is 0 Å². The average molecular weight is 478 g/mol. The van der Waals surface area contributed by atoms with Gasteiger partial charge in [0, 0.05) is 47.5 Å². The molecule has 0 spiro atoms. The number of benzene rings is 2. The molecule has 1 aliphatic rings. The molecule has 0 amide bonds. The molecule has 0 aromatic heterocycles. The van der Waals surface area contributed by atoms with Crippen LogP contribution < -0.4 is 0 Å². The maximum Gasteiger partial charge on any atom is 0.185 e. The molecule has 2 N–H and O–H groups in total. The van der Waals surface area contributed by atoms with Gasteiger partial charge in [-0.25, -0.2) is 0 Å². The molecule has 6 nitrogen and oxygen atoms in total. The van der Waals surface area contributed by atoms with Crippen LogP contribution in [0.25, 0.3) is 12.2 Å². The van der Waals surface area contributed by atoms with Crippen molar-refractivity contribution in [1.82, 2.24) is 14.7 Å². The Kier molecular flexibility index (Phi) is 8.89. The predicted molar refractivity (Wildman–Crippen MR) is 143 cm³/mol. The van der Waals surface area contributed by atoms with Crippen molar-refractivity contribution in [1.29, 1.82) is 0 Å². The Bertz CT molecular complexity index is 1100. The number of allylic oxidation sites excluding steroid dienone is 2. The van der Waals surface area contributed by atoms with E-state index in [1.54, 1.807) is 6.07 Å². The zero-order chi connectivity index (χ0) is 25.7. The molecule has 0 unspecified atom stereocenters. The van der Waals surface area contributed by atoms with Crippen LogP contribution in [0.4, 0.5) is 0 Å². The molecule has 1 saturated carbocycles. The lowest BCUT2D eigenvalue weighted by molar-refractivity contribution is -0.112. The second-order valence-corrected chi connectivity index (χ2v) is 10.3. The lowest BCUT2D eigenvalue weighted by Gasteiger charge is -2.19. The summed E-state index contributed by atoms with van der Waals surface area (Å²) in [5, 5.41) is 21.0. The van der Waals surface area contributed by atoms with Crippen LogP contribution in [-0.2, 0) is 24.4 Å². The quantitative estimate of drug-likeness (QED) is 0.546. The van der Waals surface area contributed by atoms with Gasteiger partial charge in [0.05, 0.1) is 0 Å². The van der Waals surface area contributed by atoms with Gasteiger partial charge in [-0.2, -0.15) is 0 Å². The molecule has 0 saturated heterocycles. The van der Waals surface area contributed by atoms with E-state index in [4.69, 9.17) is 0 Å². The fourth-order valence-electron chi connectivity index (χ4n) is 4.54. The van der Waals surface area contributed by atoms with Crippen LogP contribution in [0.2, 0.25) is 0 Å². The molecule has 0 atom stereocenters. The Balaban J connectivity index is 1.94. The summed E-state index contributed by atoms with van der Waals surface area (Å²) in [6, 6.07) is 9.48. The van der Waals surface area contributed by atoms with Crippen LogP contribution in [-0.4, -0.2) is 73.0 Å². The van der Waals surface area contributed by atoms with Gasteiger partial charge in [-0.15, -0.1) is 0 Å². The molecule has 1 aliphatic carbocycles. The minimum atomic E-state index is 0.0786. The first kappa shape index (κ1) is 26.7. The number of phenols is 2. The molecule has 1 fully saturated rings. The number of Topliss-reactive ketones (excluding diaryl/α,β-unsaturated/α-hetero) is 1. The van der Waals surface area contributed by atoms with E-state index in [0.29, 0.717) is 25.4 Å². The fraction of sp³-hybridized carbons (Fsp3) is 0.414. The largest absolute Gasteiger partial charge is 0.508 e. The van der Waals surface area contributed by atoms with Crippen molar-refractivity contribution in [3.63, 3.8) is 0 Å². The SMILES string of the molecule is CN(C)Cc1cc(/C=C2\CCC/C(=C\c3cc(CN(C)C)c(O)c(CN(C)C)c3)C2=O)ccc1O. The molecule has 2 aromatic carbocycles. The molecule has 188 valence electrons. The van der Waals surface area contributed by atoms with Crippen LogP contribution in [0.5, 0.6) is 11.5 Å². The highest BCUT2D eigenvalue weighted by molar-refractivity contribution is 6.14. The molecule has 0 aliphatic heterocycles. The van der Waals surface area contributed by atoms with Crippen molar-refractivity contribution in [2.24, 2.45) is 0 Å². The van der Waals surface area contributed by atoms with Crippen LogP contribution >= 0.6 is 0 Å². The normalized spacial score (nSPS) is 16.9. The molecule has 0 heterocycles. The number of nitrogens with zero attached hydrogens (tertiary/aromatic N) is 3. The highest BCUT2D eigenvalue weighted by Crippen LogP contribution is 2.32. The summed E-state index contributed by atoms with van der Waals surface area (Å²) < 4.78 is 0. The number of hydrogen-bond donors (Lipinski definition) is 2. The van der Waals surface area contributed by atoms with E-state index in [0.717, 1.165) is 58.2 Å². The third kappa shape index (κ3) is 7.28. The van der Waals surface area contributed by atoms with Crippen molar-refractivity contribution in [2.45, 2.75) is 38.9 Å². The fourth-order valence-corrected chi connectivity index (χ4v) is 4.54. The number of carbonyl (C=O) groups excluding carboxylic acids is 1. The third-order valence-electron chi connectivity index (χ3n) is 6.01. The summed E-state index contributed by atoms with van der Waals surface area (Å²) in [5.74, 6) is 0.673. The Morgan fingerprint density at radius 2 is 1.17 bits per heavy atom. The third-order valence-corrected chi connectivity index (χ3v) is 6.01. The summed E-state index contributed by atoms with van der Waals surface area (Å²) in [6.07, 6.45) is 6.35.